The van der Waals surface area contributed by atoms with Crippen LogP contribution in [0, 0.1) is 18.2 Å². The van der Waals surface area contributed by atoms with E-state index in [9.17, 15) is 41.1 Å². The van der Waals surface area contributed by atoms with E-state index < -0.39 is 69.0 Å². The first-order valence-corrected chi connectivity index (χ1v) is 27.2. The Morgan fingerprint density at radius 3 is 2.37 bits per heavy atom. The molecule has 6 N–H and O–H groups in total. The molecular formula is C53H60F3N11O9S2. The molecule has 1 saturated heterocycles. The third-order valence-corrected chi connectivity index (χ3v) is 15.0. The van der Waals surface area contributed by atoms with E-state index in [1.165, 1.54) is 47.4 Å². The Bertz CT molecular complexity index is 3390. The molecule has 0 unspecified atom stereocenters. The lowest BCUT2D eigenvalue weighted by molar-refractivity contribution is -0.144. The second-order valence-corrected chi connectivity index (χ2v) is 22.3. The van der Waals surface area contributed by atoms with E-state index >= 15 is 0 Å². The van der Waals surface area contributed by atoms with E-state index in [0.717, 1.165) is 21.7 Å². The maximum absolute atomic E-state index is 14.1. The molecule has 0 spiro atoms. The third kappa shape index (κ3) is 13.3. The number of nitrogens with zero attached hydrogens (tertiary/aromatic N) is 7. The van der Waals surface area contributed by atoms with Gasteiger partial charge in [0, 0.05) is 55.6 Å². The minimum absolute atomic E-state index is 0.0565. The van der Waals surface area contributed by atoms with Crippen LogP contribution in [0.4, 0.5) is 24.7 Å². The molecule has 0 bridgehead atoms. The van der Waals surface area contributed by atoms with Crippen molar-refractivity contribution in [1.29, 1.82) is 0 Å². The second-order valence-electron chi connectivity index (χ2n) is 19.8. The number of hydrogen-bond donors (Lipinski definition) is 5. The lowest BCUT2D eigenvalue weighted by Crippen LogP contribution is -2.58. The quantitative estimate of drug-likeness (QED) is 0.0449. The summed E-state index contributed by atoms with van der Waals surface area (Å²) in [6.45, 7) is 9.54. The number of anilines is 2. The summed E-state index contributed by atoms with van der Waals surface area (Å²) in [4.78, 5) is 51.9. The van der Waals surface area contributed by atoms with Crippen molar-refractivity contribution in [3.05, 3.63) is 113 Å². The molecule has 20 nitrogen and oxygen atoms in total. The van der Waals surface area contributed by atoms with Gasteiger partial charge in [-0.15, -0.1) is 11.3 Å². The summed E-state index contributed by atoms with van der Waals surface area (Å²) in [6, 6.07) is 15.4. The van der Waals surface area contributed by atoms with E-state index in [2.05, 4.69) is 25.7 Å². The molecule has 0 saturated carbocycles. The number of nitrogens with one attached hydrogen (secondary N) is 3. The smallest absolute Gasteiger partial charge is 0.355 e. The Labute approximate surface area is 452 Å². The zero-order chi connectivity index (χ0) is 56.1. The molecule has 78 heavy (non-hydrogen) atoms. The highest BCUT2D eigenvalue weighted by Crippen LogP contribution is 2.41. The summed E-state index contributed by atoms with van der Waals surface area (Å²) in [5.41, 5.74) is 13.2. The number of halogens is 3. The van der Waals surface area contributed by atoms with Gasteiger partial charge in [-0.05, 0) is 60.2 Å². The Hall–Kier alpha value is -7.45. The monoisotopic (exact) mass is 1120 g/mol. The molecule has 4 atom stereocenters. The molecule has 414 valence electrons. The van der Waals surface area contributed by atoms with E-state index in [0.29, 0.717) is 45.4 Å². The molecule has 0 radical (unpaired) electrons. The maximum Gasteiger partial charge on any atom is 0.355 e. The van der Waals surface area contributed by atoms with Crippen LogP contribution >= 0.6 is 11.3 Å². The summed E-state index contributed by atoms with van der Waals surface area (Å²) >= 11 is 1.55. The van der Waals surface area contributed by atoms with Gasteiger partial charge in [0.25, 0.3) is 10.0 Å². The van der Waals surface area contributed by atoms with Crippen LogP contribution in [0.1, 0.15) is 57.0 Å². The normalized spacial score (nSPS) is 15.7. The molecule has 3 amide bonds. The number of nitrogens with two attached hydrogens (primary N) is 1. The highest BCUT2D eigenvalue weighted by atomic mass is 32.2. The Morgan fingerprint density at radius 1 is 0.962 bits per heavy atom. The summed E-state index contributed by atoms with van der Waals surface area (Å²) < 4.78 is 87.8. The number of pyridine rings is 1. The first-order valence-electron chi connectivity index (χ1n) is 24.8. The number of hydrogen-bond acceptors (Lipinski definition) is 15. The van der Waals surface area contributed by atoms with Crippen LogP contribution in [0.2, 0.25) is 0 Å². The number of β-amino-alcohol motifs (C(OH)–C–C–N with tert-alkyl or cyclic N) is 1. The highest BCUT2D eigenvalue weighted by molar-refractivity contribution is 7.93. The van der Waals surface area contributed by atoms with Gasteiger partial charge in [0.05, 0.1) is 71.3 Å². The number of rotatable bonds is 22. The van der Waals surface area contributed by atoms with Crippen molar-refractivity contribution in [3.8, 4) is 38.6 Å². The van der Waals surface area contributed by atoms with Crippen molar-refractivity contribution < 1.29 is 55.3 Å². The van der Waals surface area contributed by atoms with Crippen LogP contribution in [0.15, 0.2) is 90.8 Å². The number of ether oxygens (including phenoxy) is 3. The number of carbonyl (C=O) groups excluding carboxylic acids is 3. The Kier molecular flexibility index (Phi) is 17.5. The number of carbonyl (C=O) groups is 3. The molecule has 0 aliphatic carbocycles. The van der Waals surface area contributed by atoms with Crippen molar-refractivity contribution in [3.63, 3.8) is 0 Å². The zero-order valence-corrected chi connectivity index (χ0v) is 45.2. The predicted molar refractivity (Wildman–Crippen MR) is 287 cm³/mol. The fourth-order valence-corrected chi connectivity index (χ4v) is 10.3. The number of aryl methyl sites for hydroxylation is 2. The largest absolute Gasteiger partial charge is 0.484 e. The van der Waals surface area contributed by atoms with Gasteiger partial charge in [-0.25, -0.2) is 22.8 Å². The lowest BCUT2D eigenvalue weighted by atomic mass is 9.85. The molecular weight excluding hydrogens is 1060 g/mol. The van der Waals surface area contributed by atoms with Crippen molar-refractivity contribution >= 4 is 61.5 Å². The summed E-state index contributed by atoms with van der Waals surface area (Å²) in [7, 11) is -3.39. The van der Waals surface area contributed by atoms with Gasteiger partial charge in [-0.1, -0.05) is 63.2 Å². The van der Waals surface area contributed by atoms with E-state index in [-0.39, 0.29) is 63.2 Å². The van der Waals surface area contributed by atoms with Gasteiger partial charge < -0.3 is 40.6 Å². The number of aliphatic hydroxyl groups excluding tert-OH is 1. The molecule has 25 heteroatoms. The first-order chi connectivity index (χ1) is 37.1. The summed E-state index contributed by atoms with van der Waals surface area (Å²) in [5, 5.41) is 26.0. The van der Waals surface area contributed by atoms with Crippen molar-refractivity contribution in [2.75, 3.05) is 43.4 Å². The van der Waals surface area contributed by atoms with Gasteiger partial charge in [0.15, 0.2) is 0 Å². The molecule has 1 fully saturated rings. The molecule has 1 aliphatic heterocycles. The minimum atomic E-state index is -5.09. The number of benzene rings is 3. The van der Waals surface area contributed by atoms with E-state index in [4.69, 9.17) is 25.0 Å². The molecule has 3 aromatic carbocycles. The number of nitrogen functional groups attached to an aromatic ring is 1. The maximum atomic E-state index is 14.1. The third-order valence-electron chi connectivity index (χ3n) is 13.0. The van der Waals surface area contributed by atoms with Crippen LogP contribution in [-0.4, -0.2) is 123 Å². The average Bonchev–Trinajstić information content (AvgIpc) is 4.37. The second kappa shape index (κ2) is 24.1. The van der Waals surface area contributed by atoms with Gasteiger partial charge in [-0.3, -0.25) is 28.5 Å². The van der Waals surface area contributed by atoms with Gasteiger partial charge in [0.1, 0.15) is 47.9 Å². The zero-order valence-electron chi connectivity index (χ0n) is 43.6. The fraction of sp³-hybridized carbons (Fsp3) is 0.377. The molecule has 5 heterocycles. The molecule has 1 aliphatic rings. The standard InChI is InChI=1S/C53H60F3N11O9S2/c1-30-47(77-29-60-30)34-9-7-32(8-10-34)23-59-50(70)41-22-38(68)27-67(41)51(71)48(53(3,4)5)62-43(69)28-75-20-19-74-18-17-66-26-36(24-61-66)39-25-58-49(57)44-45(63-65(6)46(39)44)35-13-16-40(64-78(72,73)52(55)56)42(21-35)76-31(2)33-11-14-37(54)15-12-33/h7-16,21,24-26,29,31,38,41,48,52,64,68H,17-20,22-23,27-28H2,1-6H3,(H2,57,58)(H,59,70)(H,62,69)/t31-,38+,41-,48+/m0/s1. The SMILES string of the molecule is Cc1ncsc1-c1ccc(CNC(=O)[C@@H]2C[C@@H](O)CN2C(=O)[C@@H](NC(=O)COCCOCCn2cc(-c3cnc(N)c4c(-c5ccc(NS(=O)(=O)C(F)F)c(O[C@@H](C)c6ccc(F)cc6)c5)nn(C)c34)cn2)C(C)(C)C)cc1. The number of amides is 3. The van der Waals surface area contributed by atoms with Crippen LogP contribution in [0.25, 0.3) is 43.7 Å². The van der Waals surface area contributed by atoms with Crippen LogP contribution < -0.4 is 25.8 Å². The Balaban J connectivity index is 0.836. The lowest BCUT2D eigenvalue weighted by Gasteiger charge is -2.35. The summed E-state index contributed by atoms with van der Waals surface area (Å²) in [6.07, 6.45) is 3.37. The van der Waals surface area contributed by atoms with Gasteiger partial charge >= 0.3 is 5.76 Å². The van der Waals surface area contributed by atoms with E-state index in [1.54, 1.807) is 79.5 Å². The highest BCUT2D eigenvalue weighted by Gasteiger charge is 2.44. The number of aliphatic hydroxyl groups is 1. The fourth-order valence-electron chi connectivity index (χ4n) is 8.94. The van der Waals surface area contributed by atoms with Crippen LogP contribution in [0.3, 0.4) is 0 Å². The minimum Gasteiger partial charge on any atom is -0.484 e. The molecule has 4 aromatic heterocycles. The predicted octanol–water partition coefficient (Wildman–Crippen LogP) is 6.60. The summed E-state index contributed by atoms with van der Waals surface area (Å²) in [5.74, 6) is -5.62. The number of fused-ring (bicyclic) bond motifs is 1. The van der Waals surface area contributed by atoms with Crippen molar-refractivity contribution in [2.45, 2.75) is 84.2 Å². The number of aromatic nitrogens is 6. The van der Waals surface area contributed by atoms with E-state index in [1.807, 2.05) is 35.9 Å². The van der Waals surface area contributed by atoms with Gasteiger partial charge in [0.2, 0.25) is 17.7 Å². The van der Waals surface area contributed by atoms with Crippen LogP contribution in [-0.2, 0) is 54.0 Å². The number of likely N-dealkylation sites (tertiary alicyclic amines) is 1. The molecule has 8 rings (SSSR count). The van der Waals surface area contributed by atoms with Crippen molar-refractivity contribution in [2.24, 2.45) is 12.5 Å². The first kappa shape index (κ1) is 56.7. The van der Waals surface area contributed by atoms with Crippen molar-refractivity contribution in [1.82, 2.24) is 45.1 Å². The number of thiazole rings is 1. The average molecular weight is 1120 g/mol. The number of alkyl halides is 2. The van der Waals surface area contributed by atoms with Crippen LogP contribution in [0.5, 0.6) is 5.75 Å². The molecule has 7 aromatic rings. The Morgan fingerprint density at radius 2 is 1.68 bits per heavy atom. The van der Waals surface area contributed by atoms with Gasteiger partial charge in [-0.2, -0.15) is 19.0 Å². The number of sulfonamides is 1. The topological polar surface area (TPSA) is 260 Å².